The number of rotatable bonds is 8. The van der Waals surface area contributed by atoms with Crippen LogP contribution in [0.15, 0.2) is 18.2 Å². The molecule has 11 atom stereocenters. The molecule has 4 aliphatic rings. The summed E-state index contributed by atoms with van der Waals surface area (Å²) >= 11 is 0. The maximum Gasteiger partial charge on any atom is 0.303 e. The number of esters is 2. The minimum absolute atomic E-state index is 0.133. The SMILES string of the molecule is CC(=O)OC(CCCC(C)[C@H]1CC[C@H]2[C@H]3[C@H](CC[C@]12C)[C@@]1(C)CC[C@H](OC(C)=O)[C@H](O)[C@@H]1CC3(F)F)c1c(F)cccc1F. The van der Waals surface area contributed by atoms with E-state index in [1.165, 1.54) is 19.9 Å². The van der Waals surface area contributed by atoms with Crippen molar-refractivity contribution in [3.8, 4) is 0 Å². The van der Waals surface area contributed by atoms with Gasteiger partial charge < -0.3 is 14.6 Å². The molecule has 0 aromatic heterocycles. The van der Waals surface area contributed by atoms with Gasteiger partial charge in [-0.2, -0.15) is 0 Å². The Labute approximate surface area is 258 Å². The fraction of sp³-hybridized carbons (Fsp3) is 0.771. The summed E-state index contributed by atoms with van der Waals surface area (Å²) in [6, 6.07) is 3.59. The van der Waals surface area contributed by atoms with Crippen LogP contribution in [0, 0.1) is 58.0 Å². The van der Waals surface area contributed by atoms with Crippen molar-refractivity contribution in [2.75, 3.05) is 0 Å². The molecule has 4 aliphatic carbocycles. The van der Waals surface area contributed by atoms with E-state index in [0.717, 1.165) is 37.8 Å². The predicted octanol–water partition coefficient (Wildman–Crippen LogP) is 8.18. The van der Waals surface area contributed by atoms with E-state index in [4.69, 9.17) is 9.47 Å². The second kappa shape index (κ2) is 12.2. The molecular formula is C35H48F4O5. The number of carbonyl (C=O) groups excluding carboxylic acids is 2. The Morgan fingerprint density at radius 2 is 1.57 bits per heavy atom. The lowest BCUT2D eigenvalue weighted by Gasteiger charge is -2.63. The number of hydrogen-bond donors (Lipinski definition) is 1. The van der Waals surface area contributed by atoms with Gasteiger partial charge in [0.25, 0.3) is 5.92 Å². The molecule has 0 spiro atoms. The van der Waals surface area contributed by atoms with Gasteiger partial charge in [-0.1, -0.05) is 33.3 Å². The van der Waals surface area contributed by atoms with Gasteiger partial charge in [0.15, 0.2) is 0 Å². The molecule has 5 rings (SSSR count). The number of ether oxygens (including phenoxy) is 2. The number of alkyl halides is 2. The molecule has 2 unspecified atom stereocenters. The third kappa shape index (κ3) is 5.79. The Bertz CT molecular complexity index is 1220. The van der Waals surface area contributed by atoms with Crippen LogP contribution in [-0.4, -0.2) is 35.2 Å². The zero-order valence-electron chi connectivity index (χ0n) is 26.6. The average Bonchev–Trinajstić information content (AvgIpc) is 3.28. The number of hydrogen-bond acceptors (Lipinski definition) is 5. The molecule has 1 aromatic carbocycles. The predicted molar refractivity (Wildman–Crippen MR) is 156 cm³/mol. The second-order valence-corrected chi connectivity index (χ2v) is 14.9. The van der Waals surface area contributed by atoms with E-state index in [1.54, 1.807) is 0 Å². The maximum absolute atomic E-state index is 16.3. The fourth-order valence-corrected chi connectivity index (χ4v) is 10.6. The second-order valence-electron chi connectivity index (χ2n) is 14.9. The van der Waals surface area contributed by atoms with Gasteiger partial charge in [0.2, 0.25) is 0 Å². The summed E-state index contributed by atoms with van der Waals surface area (Å²) in [4.78, 5) is 23.3. The van der Waals surface area contributed by atoms with Crippen molar-refractivity contribution in [1.29, 1.82) is 0 Å². The minimum atomic E-state index is -2.93. The van der Waals surface area contributed by atoms with Crippen LogP contribution in [0.25, 0.3) is 0 Å². The van der Waals surface area contributed by atoms with Crippen LogP contribution >= 0.6 is 0 Å². The molecule has 44 heavy (non-hydrogen) atoms. The highest BCUT2D eigenvalue weighted by atomic mass is 19.3. The Hall–Kier alpha value is -2.16. The monoisotopic (exact) mass is 624 g/mol. The van der Waals surface area contributed by atoms with E-state index in [9.17, 15) is 23.5 Å². The lowest BCUT2D eigenvalue weighted by molar-refractivity contribution is -0.260. The van der Waals surface area contributed by atoms with Crippen LogP contribution in [-0.2, 0) is 19.1 Å². The van der Waals surface area contributed by atoms with Crippen LogP contribution in [0.2, 0.25) is 0 Å². The van der Waals surface area contributed by atoms with Crippen molar-refractivity contribution in [3.05, 3.63) is 35.4 Å². The van der Waals surface area contributed by atoms with Crippen molar-refractivity contribution >= 4 is 11.9 Å². The first kappa shape index (κ1) is 33.2. The lowest BCUT2D eigenvalue weighted by Crippen LogP contribution is -2.64. The van der Waals surface area contributed by atoms with Crippen molar-refractivity contribution in [3.63, 3.8) is 0 Å². The summed E-state index contributed by atoms with van der Waals surface area (Å²) in [5.74, 6) is -6.82. The van der Waals surface area contributed by atoms with E-state index >= 15 is 8.78 Å². The largest absolute Gasteiger partial charge is 0.460 e. The number of fused-ring (bicyclic) bond motifs is 5. The van der Waals surface area contributed by atoms with Gasteiger partial charge in [0, 0.05) is 26.2 Å². The quantitative estimate of drug-likeness (QED) is 0.233. The molecule has 0 heterocycles. The van der Waals surface area contributed by atoms with Crippen molar-refractivity contribution in [2.45, 2.75) is 123 Å². The van der Waals surface area contributed by atoms with Crippen LogP contribution in [0.1, 0.15) is 110 Å². The summed E-state index contributed by atoms with van der Waals surface area (Å²) in [6.45, 7) is 8.92. The molecule has 0 bridgehead atoms. The topological polar surface area (TPSA) is 72.8 Å². The summed E-state index contributed by atoms with van der Waals surface area (Å²) in [5, 5.41) is 11.1. The molecule has 0 amide bonds. The smallest absolute Gasteiger partial charge is 0.303 e. The molecular weight excluding hydrogens is 576 g/mol. The van der Waals surface area contributed by atoms with E-state index < -0.39 is 65.1 Å². The van der Waals surface area contributed by atoms with Gasteiger partial charge in [-0.05, 0) is 104 Å². The molecule has 246 valence electrons. The molecule has 1 N–H and O–H groups in total. The first-order chi connectivity index (χ1) is 20.6. The summed E-state index contributed by atoms with van der Waals surface area (Å²) in [5.41, 5.74) is -0.936. The molecule has 4 fully saturated rings. The van der Waals surface area contributed by atoms with Crippen molar-refractivity contribution < 1.29 is 41.7 Å². The van der Waals surface area contributed by atoms with E-state index in [0.29, 0.717) is 25.7 Å². The van der Waals surface area contributed by atoms with Crippen LogP contribution in [0.5, 0.6) is 0 Å². The number of aliphatic hydroxyl groups excluding tert-OH is 1. The average molecular weight is 625 g/mol. The number of halogens is 4. The molecule has 5 nitrogen and oxygen atoms in total. The van der Waals surface area contributed by atoms with Gasteiger partial charge >= 0.3 is 11.9 Å². The first-order valence-corrected chi connectivity index (χ1v) is 16.4. The Morgan fingerprint density at radius 1 is 0.932 bits per heavy atom. The van der Waals surface area contributed by atoms with Gasteiger partial charge in [-0.15, -0.1) is 0 Å². The standard InChI is InChI=1S/C35H48F4O5/c1-19(8-6-11-28(43-20(2)40)30-26(36)9-7-10-27(30)37)22-12-13-23-31-24(14-16-33(22,23)4)34(5)17-15-29(44-21(3)41)32(42)25(34)18-35(31,38)39/h7,9-10,19,22-25,28-29,31-32,42H,6,8,11-18H2,1-5H3/t19?,22-,23+,24+,25+,28?,29+,31+,32-,33-,34-/m1/s1. The highest BCUT2D eigenvalue weighted by Gasteiger charge is 2.69. The molecule has 0 aliphatic heterocycles. The Kier molecular flexibility index (Phi) is 9.22. The van der Waals surface area contributed by atoms with Crippen LogP contribution in [0.3, 0.4) is 0 Å². The summed E-state index contributed by atoms with van der Waals surface area (Å²) in [6.07, 6.45) is 2.57. The third-order valence-electron chi connectivity index (χ3n) is 12.5. The van der Waals surface area contributed by atoms with Crippen LogP contribution in [0.4, 0.5) is 17.6 Å². The maximum atomic E-state index is 16.3. The van der Waals surface area contributed by atoms with Gasteiger partial charge in [-0.25, -0.2) is 17.6 Å². The number of benzene rings is 1. The summed E-state index contributed by atoms with van der Waals surface area (Å²) in [7, 11) is 0. The van der Waals surface area contributed by atoms with E-state index in [1.807, 2.05) is 0 Å². The van der Waals surface area contributed by atoms with E-state index in [2.05, 4.69) is 20.8 Å². The van der Waals surface area contributed by atoms with Gasteiger partial charge in [0.05, 0.1) is 11.7 Å². The van der Waals surface area contributed by atoms with Crippen LogP contribution < -0.4 is 0 Å². The molecule has 1 aromatic rings. The first-order valence-electron chi connectivity index (χ1n) is 16.4. The highest BCUT2D eigenvalue weighted by molar-refractivity contribution is 5.66. The number of aliphatic hydroxyl groups is 1. The molecule has 9 heteroatoms. The summed E-state index contributed by atoms with van der Waals surface area (Å²) < 4.78 is 72.3. The number of carbonyl (C=O) groups is 2. The third-order valence-corrected chi connectivity index (χ3v) is 12.5. The molecule has 0 radical (unpaired) electrons. The molecule has 0 saturated heterocycles. The van der Waals surface area contributed by atoms with Gasteiger partial charge in [0.1, 0.15) is 23.8 Å². The minimum Gasteiger partial charge on any atom is -0.460 e. The zero-order chi connectivity index (χ0) is 32.2. The van der Waals surface area contributed by atoms with E-state index in [-0.39, 0.29) is 47.5 Å². The Balaban J connectivity index is 1.29. The fourth-order valence-electron chi connectivity index (χ4n) is 10.6. The zero-order valence-corrected chi connectivity index (χ0v) is 26.6. The highest BCUT2D eigenvalue weighted by Crippen LogP contribution is 2.71. The molecule has 4 saturated carbocycles. The lowest BCUT2D eigenvalue weighted by atomic mass is 9.43. The van der Waals surface area contributed by atoms with Crippen molar-refractivity contribution in [1.82, 2.24) is 0 Å². The van der Waals surface area contributed by atoms with Crippen molar-refractivity contribution in [2.24, 2.45) is 46.3 Å². The van der Waals surface area contributed by atoms with Gasteiger partial charge in [-0.3, -0.25) is 9.59 Å². The normalized spacial score (nSPS) is 38.9. The Morgan fingerprint density at radius 3 is 2.20 bits per heavy atom.